The van der Waals surface area contributed by atoms with Crippen molar-refractivity contribution >= 4 is 23.7 Å². The van der Waals surface area contributed by atoms with Gasteiger partial charge in [0.1, 0.15) is 11.5 Å². The molecule has 0 radical (unpaired) electrons. The highest BCUT2D eigenvalue weighted by atomic mass is 16.5. The molecule has 0 saturated carbocycles. The van der Waals surface area contributed by atoms with Crippen LogP contribution in [0.4, 0.5) is 5.69 Å². The van der Waals surface area contributed by atoms with Crippen LogP contribution < -0.4 is 25.0 Å². The van der Waals surface area contributed by atoms with E-state index in [1.54, 1.807) is 42.5 Å². The number of amides is 2. The van der Waals surface area contributed by atoms with Gasteiger partial charge >= 0.3 is 11.8 Å². The van der Waals surface area contributed by atoms with Crippen LogP contribution in [0.25, 0.3) is 0 Å². The maximum atomic E-state index is 12.0. The maximum Gasteiger partial charge on any atom is 0.329 e. The minimum atomic E-state index is -0.902. The third kappa shape index (κ3) is 6.07. The number of rotatable bonds is 7. The first-order valence-electron chi connectivity index (χ1n) is 9.28. The first-order chi connectivity index (χ1) is 15.1. The molecule has 3 aromatic rings. The zero-order chi connectivity index (χ0) is 22.1. The lowest BCUT2D eigenvalue weighted by Gasteiger charge is -2.08. The van der Waals surface area contributed by atoms with E-state index in [1.807, 2.05) is 30.3 Å². The molecule has 0 fully saturated rings. The van der Waals surface area contributed by atoms with Crippen LogP contribution in [0.3, 0.4) is 0 Å². The second kappa shape index (κ2) is 10.4. The SMILES string of the molecule is COc1ccc(/C=N\NC(=O)C(=O)Nc2ccc(Oc3ccccc3)cc2)cc1OC. The summed E-state index contributed by atoms with van der Waals surface area (Å²) in [6.07, 6.45) is 1.39. The number of anilines is 1. The van der Waals surface area contributed by atoms with Crippen LogP contribution in [-0.2, 0) is 9.59 Å². The Labute approximate surface area is 179 Å². The van der Waals surface area contributed by atoms with Gasteiger partial charge in [-0.3, -0.25) is 9.59 Å². The van der Waals surface area contributed by atoms with Crippen LogP contribution in [0.15, 0.2) is 77.9 Å². The van der Waals surface area contributed by atoms with Crippen LogP contribution in [0, 0.1) is 0 Å². The first kappa shape index (κ1) is 21.4. The van der Waals surface area contributed by atoms with Gasteiger partial charge in [0.2, 0.25) is 0 Å². The molecule has 31 heavy (non-hydrogen) atoms. The Morgan fingerprint density at radius 2 is 1.48 bits per heavy atom. The van der Waals surface area contributed by atoms with E-state index in [1.165, 1.54) is 20.4 Å². The van der Waals surface area contributed by atoms with Crippen molar-refractivity contribution in [3.8, 4) is 23.0 Å². The Kier molecular flexibility index (Phi) is 7.21. The van der Waals surface area contributed by atoms with Gasteiger partial charge in [0.15, 0.2) is 11.5 Å². The molecule has 0 aliphatic rings. The average molecular weight is 419 g/mol. The molecule has 0 unspecified atom stereocenters. The fourth-order valence-electron chi connectivity index (χ4n) is 2.57. The van der Waals surface area contributed by atoms with E-state index in [2.05, 4.69) is 15.8 Å². The number of nitrogens with one attached hydrogen (secondary N) is 2. The Balaban J connectivity index is 1.52. The van der Waals surface area contributed by atoms with Crippen molar-refractivity contribution in [3.63, 3.8) is 0 Å². The van der Waals surface area contributed by atoms with Crippen molar-refractivity contribution in [1.82, 2.24) is 5.43 Å². The zero-order valence-electron chi connectivity index (χ0n) is 17.0. The minimum Gasteiger partial charge on any atom is -0.493 e. The van der Waals surface area contributed by atoms with Crippen LogP contribution in [0.5, 0.6) is 23.0 Å². The van der Waals surface area contributed by atoms with Gasteiger partial charge < -0.3 is 19.5 Å². The van der Waals surface area contributed by atoms with Crippen LogP contribution in [0.2, 0.25) is 0 Å². The molecule has 0 aliphatic carbocycles. The van der Waals surface area contributed by atoms with Crippen LogP contribution in [-0.4, -0.2) is 32.2 Å². The summed E-state index contributed by atoms with van der Waals surface area (Å²) >= 11 is 0. The molecule has 2 amide bonds. The molecule has 2 N–H and O–H groups in total. The predicted octanol–water partition coefficient (Wildman–Crippen LogP) is 3.58. The van der Waals surface area contributed by atoms with Gasteiger partial charge in [0, 0.05) is 5.69 Å². The topological polar surface area (TPSA) is 98.2 Å². The summed E-state index contributed by atoms with van der Waals surface area (Å²) in [4.78, 5) is 24.0. The molecule has 0 atom stereocenters. The van der Waals surface area contributed by atoms with Crippen molar-refractivity contribution in [2.45, 2.75) is 0 Å². The molecule has 3 rings (SSSR count). The third-order valence-electron chi connectivity index (χ3n) is 4.08. The molecule has 0 heterocycles. The highest BCUT2D eigenvalue weighted by Gasteiger charge is 2.13. The smallest absolute Gasteiger partial charge is 0.329 e. The summed E-state index contributed by atoms with van der Waals surface area (Å²) < 4.78 is 16.0. The minimum absolute atomic E-state index is 0.449. The van der Waals surface area contributed by atoms with Gasteiger partial charge in [-0.15, -0.1) is 0 Å². The normalized spacial score (nSPS) is 10.4. The zero-order valence-corrected chi connectivity index (χ0v) is 17.0. The van der Waals surface area contributed by atoms with Crippen molar-refractivity contribution in [3.05, 3.63) is 78.4 Å². The summed E-state index contributed by atoms with van der Waals surface area (Å²) in [6, 6.07) is 21.1. The lowest BCUT2D eigenvalue weighted by Crippen LogP contribution is -2.32. The predicted molar refractivity (Wildman–Crippen MR) is 117 cm³/mol. The number of para-hydroxylation sites is 1. The molecule has 0 aromatic heterocycles. The second-order valence-corrected chi connectivity index (χ2v) is 6.21. The molecule has 8 nitrogen and oxygen atoms in total. The molecular formula is C23H21N3O5. The highest BCUT2D eigenvalue weighted by Crippen LogP contribution is 2.27. The van der Waals surface area contributed by atoms with Crippen LogP contribution in [0.1, 0.15) is 5.56 Å². The van der Waals surface area contributed by atoms with E-state index in [-0.39, 0.29) is 0 Å². The van der Waals surface area contributed by atoms with E-state index >= 15 is 0 Å². The van der Waals surface area contributed by atoms with Gasteiger partial charge in [-0.05, 0) is 60.2 Å². The number of methoxy groups -OCH3 is 2. The summed E-state index contributed by atoms with van der Waals surface area (Å²) in [6.45, 7) is 0. The lowest BCUT2D eigenvalue weighted by atomic mass is 10.2. The number of ether oxygens (including phenoxy) is 3. The molecule has 158 valence electrons. The quantitative estimate of drug-likeness (QED) is 0.347. The van der Waals surface area contributed by atoms with E-state index in [0.29, 0.717) is 34.2 Å². The Hall–Kier alpha value is -4.33. The largest absolute Gasteiger partial charge is 0.493 e. The summed E-state index contributed by atoms with van der Waals surface area (Å²) in [5, 5.41) is 6.29. The van der Waals surface area contributed by atoms with E-state index < -0.39 is 11.8 Å². The summed E-state index contributed by atoms with van der Waals surface area (Å²) in [7, 11) is 3.06. The summed E-state index contributed by atoms with van der Waals surface area (Å²) in [5.41, 5.74) is 3.29. The van der Waals surface area contributed by atoms with Gasteiger partial charge in [0.25, 0.3) is 0 Å². The fraction of sp³-hybridized carbons (Fsp3) is 0.0870. The van der Waals surface area contributed by atoms with Crippen molar-refractivity contribution in [2.24, 2.45) is 5.10 Å². The average Bonchev–Trinajstić information content (AvgIpc) is 2.80. The van der Waals surface area contributed by atoms with Crippen molar-refractivity contribution in [1.29, 1.82) is 0 Å². The third-order valence-corrected chi connectivity index (χ3v) is 4.08. The molecule has 0 bridgehead atoms. The van der Waals surface area contributed by atoms with Crippen molar-refractivity contribution < 1.29 is 23.8 Å². The fourth-order valence-corrected chi connectivity index (χ4v) is 2.57. The standard InChI is InChI=1S/C23H21N3O5/c1-29-20-13-8-16(14-21(20)30-2)15-24-26-23(28)22(27)25-17-9-11-19(12-10-17)31-18-6-4-3-5-7-18/h3-15H,1-2H3,(H,25,27)(H,26,28)/b24-15-. The van der Waals surface area contributed by atoms with Gasteiger partial charge in [-0.25, -0.2) is 5.43 Å². The summed E-state index contributed by atoms with van der Waals surface area (Å²) in [5.74, 6) is 0.653. The van der Waals surface area contributed by atoms with E-state index in [0.717, 1.165) is 0 Å². The highest BCUT2D eigenvalue weighted by molar-refractivity contribution is 6.39. The number of benzene rings is 3. The number of hydrogen-bond acceptors (Lipinski definition) is 6. The Morgan fingerprint density at radius 3 is 2.16 bits per heavy atom. The Morgan fingerprint density at radius 1 is 0.806 bits per heavy atom. The lowest BCUT2D eigenvalue weighted by molar-refractivity contribution is -0.136. The molecule has 8 heteroatoms. The van der Waals surface area contributed by atoms with E-state index in [9.17, 15) is 9.59 Å². The van der Waals surface area contributed by atoms with Gasteiger partial charge in [-0.2, -0.15) is 5.10 Å². The monoisotopic (exact) mass is 419 g/mol. The number of hydrazone groups is 1. The Bertz CT molecular complexity index is 1070. The number of carbonyl (C=O) groups excluding carboxylic acids is 2. The molecule has 3 aromatic carbocycles. The number of hydrogen-bond donors (Lipinski definition) is 2. The molecular weight excluding hydrogens is 398 g/mol. The van der Waals surface area contributed by atoms with E-state index in [4.69, 9.17) is 14.2 Å². The van der Waals surface area contributed by atoms with Gasteiger partial charge in [0.05, 0.1) is 20.4 Å². The van der Waals surface area contributed by atoms with Crippen LogP contribution >= 0.6 is 0 Å². The molecule has 0 aliphatic heterocycles. The molecule has 0 spiro atoms. The second-order valence-electron chi connectivity index (χ2n) is 6.21. The van der Waals surface area contributed by atoms with Crippen molar-refractivity contribution in [2.75, 3.05) is 19.5 Å². The van der Waals surface area contributed by atoms with Gasteiger partial charge in [-0.1, -0.05) is 18.2 Å². The number of nitrogens with zero attached hydrogens (tertiary/aromatic N) is 1. The number of carbonyl (C=O) groups is 2. The first-order valence-corrected chi connectivity index (χ1v) is 9.28. The maximum absolute atomic E-state index is 12.0. The molecule has 0 saturated heterocycles.